The Hall–Kier alpha value is -1.24. The maximum Gasteiger partial charge on any atom is 0.191 e. The van der Waals surface area contributed by atoms with Gasteiger partial charge < -0.3 is 16.0 Å². The highest BCUT2D eigenvalue weighted by Gasteiger charge is 2.10. The smallest absolute Gasteiger partial charge is 0.191 e. The molecule has 0 aromatic heterocycles. The van der Waals surface area contributed by atoms with Crippen LogP contribution >= 0.6 is 24.0 Å². The molecule has 0 saturated heterocycles. The molecule has 0 fully saturated rings. The average molecular weight is 400 g/mol. The minimum Gasteiger partial charge on any atom is -0.385 e. The summed E-state index contributed by atoms with van der Waals surface area (Å²) in [5, 5.41) is 10.2. The van der Waals surface area contributed by atoms with Crippen LogP contribution in [0.1, 0.15) is 19.3 Å². The number of halogens is 1. The van der Waals surface area contributed by atoms with E-state index in [0.29, 0.717) is 6.04 Å². The first-order chi connectivity index (χ1) is 9.88. The highest BCUT2D eigenvalue weighted by atomic mass is 127. The van der Waals surface area contributed by atoms with E-state index >= 15 is 0 Å². The molecule has 0 spiro atoms. The third-order valence-electron chi connectivity index (χ3n) is 3.32. The number of hydrogen-bond acceptors (Lipinski definition) is 2. The van der Waals surface area contributed by atoms with E-state index in [1.54, 1.807) is 0 Å². The fourth-order valence-electron chi connectivity index (χ4n) is 2.21. The zero-order valence-corrected chi connectivity index (χ0v) is 14.8. The van der Waals surface area contributed by atoms with E-state index in [2.05, 4.69) is 45.2 Å². The molecule has 0 radical (unpaired) electrons. The molecular formula is C16H25IN4. The molecule has 0 atom stereocenters. The molecule has 1 aromatic carbocycles. The van der Waals surface area contributed by atoms with Gasteiger partial charge in [-0.1, -0.05) is 30.4 Å². The number of guanidine groups is 1. The molecule has 1 aliphatic carbocycles. The number of para-hydroxylation sites is 1. The summed E-state index contributed by atoms with van der Waals surface area (Å²) in [4.78, 5) is 4.25. The lowest BCUT2D eigenvalue weighted by Crippen LogP contribution is -2.43. The second kappa shape index (κ2) is 10.5. The molecule has 4 nitrogen and oxygen atoms in total. The van der Waals surface area contributed by atoms with Gasteiger partial charge in [-0.15, -0.1) is 24.0 Å². The molecule has 1 aliphatic rings. The van der Waals surface area contributed by atoms with Crippen LogP contribution in [0.2, 0.25) is 0 Å². The first kappa shape index (κ1) is 17.8. The second-order valence-electron chi connectivity index (χ2n) is 4.93. The van der Waals surface area contributed by atoms with E-state index in [4.69, 9.17) is 0 Å². The Balaban J connectivity index is 0.00000220. The predicted molar refractivity (Wildman–Crippen MR) is 102 cm³/mol. The van der Waals surface area contributed by atoms with E-state index in [9.17, 15) is 0 Å². The maximum atomic E-state index is 4.25. The molecule has 21 heavy (non-hydrogen) atoms. The molecule has 0 aliphatic heterocycles. The third-order valence-corrected chi connectivity index (χ3v) is 3.32. The summed E-state index contributed by atoms with van der Waals surface area (Å²) in [5.41, 5.74) is 1.17. The van der Waals surface area contributed by atoms with Crippen molar-refractivity contribution in [3.63, 3.8) is 0 Å². The van der Waals surface area contributed by atoms with Crippen LogP contribution < -0.4 is 16.0 Å². The van der Waals surface area contributed by atoms with Crippen molar-refractivity contribution in [1.82, 2.24) is 10.6 Å². The van der Waals surface area contributed by atoms with Gasteiger partial charge in [0.05, 0.1) is 0 Å². The van der Waals surface area contributed by atoms with Crippen molar-refractivity contribution in [2.45, 2.75) is 25.3 Å². The molecule has 116 valence electrons. The van der Waals surface area contributed by atoms with Gasteiger partial charge in [0.15, 0.2) is 5.96 Å². The van der Waals surface area contributed by atoms with Crippen molar-refractivity contribution in [2.75, 3.05) is 25.5 Å². The summed E-state index contributed by atoms with van der Waals surface area (Å²) >= 11 is 0. The Bertz CT molecular complexity index is 437. The lowest BCUT2D eigenvalue weighted by molar-refractivity contribution is 0.630. The average Bonchev–Trinajstić information content (AvgIpc) is 3.00. The minimum atomic E-state index is 0. The molecule has 0 unspecified atom stereocenters. The van der Waals surface area contributed by atoms with Gasteiger partial charge >= 0.3 is 0 Å². The van der Waals surface area contributed by atoms with E-state index in [0.717, 1.165) is 38.3 Å². The largest absolute Gasteiger partial charge is 0.385 e. The number of anilines is 1. The Kier molecular flexibility index (Phi) is 8.89. The molecule has 0 bridgehead atoms. The van der Waals surface area contributed by atoms with Gasteiger partial charge in [-0.2, -0.15) is 0 Å². The maximum absolute atomic E-state index is 4.25. The first-order valence-corrected chi connectivity index (χ1v) is 7.29. The molecule has 2 rings (SSSR count). The van der Waals surface area contributed by atoms with E-state index in [-0.39, 0.29) is 24.0 Å². The lowest BCUT2D eigenvalue weighted by atomic mass is 10.2. The standard InChI is InChI=1S/C16H24N4.HI/c1-17-16(20-15-10-5-6-11-15)19-13-7-12-18-14-8-3-2-4-9-14;/h2-6,8-9,15,18H,7,10-13H2,1H3,(H2,17,19,20);1H. The normalized spacial score (nSPS) is 14.6. The van der Waals surface area contributed by atoms with E-state index in [1.807, 2.05) is 25.2 Å². The Morgan fingerprint density at radius 2 is 1.86 bits per heavy atom. The number of nitrogens with zero attached hydrogens (tertiary/aromatic N) is 1. The Morgan fingerprint density at radius 3 is 2.52 bits per heavy atom. The molecule has 0 saturated carbocycles. The minimum absolute atomic E-state index is 0. The number of rotatable bonds is 6. The van der Waals surface area contributed by atoms with Gasteiger partial charge in [0.2, 0.25) is 0 Å². The molecule has 0 amide bonds. The van der Waals surface area contributed by atoms with Crippen molar-refractivity contribution in [3.8, 4) is 0 Å². The molecule has 0 heterocycles. The Morgan fingerprint density at radius 1 is 1.14 bits per heavy atom. The highest BCUT2D eigenvalue weighted by molar-refractivity contribution is 14.0. The topological polar surface area (TPSA) is 48.5 Å². The fourth-order valence-corrected chi connectivity index (χ4v) is 2.21. The van der Waals surface area contributed by atoms with Gasteiger partial charge in [0, 0.05) is 31.9 Å². The summed E-state index contributed by atoms with van der Waals surface area (Å²) in [5.74, 6) is 0.901. The summed E-state index contributed by atoms with van der Waals surface area (Å²) in [6.45, 7) is 1.87. The van der Waals surface area contributed by atoms with Gasteiger partial charge in [0.1, 0.15) is 0 Å². The zero-order chi connectivity index (χ0) is 14.0. The quantitative estimate of drug-likeness (QED) is 0.226. The second-order valence-corrected chi connectivity index (χ2v) is 4.93. The Labute approximate surface area is 144 Å². The number of nitrogens with one attached hydrogen (secondary N) is 3. The van der Waals surface area contributed by atoms with E-state index < -0.39 is 0 Å². The monoisotopic (exact) mass is 400 g/mol. The number of aliphatic imine (C=N–C) groups is 1. The molecule has 3 N–H and O–H groups in total. The third kappa shape index (κ3) is 6.84. The van der Waals surface area contributed by atoms with Gasteiger partial charge in [-0.05, 0) is 31.4 Å². The van der Waals surface area contributed by atoms with Crippen LogP contribution in [0, 0.1) is 0 Å². The van der Waals surface area contributed by atoms with Crippen molar-refractivity contribution in [2.24, 2.45) is 4.99 Å². The fraction of sp³-hybridized carbons (Fsp3) is 0.438. The first-order valence-electron chi connectivity index (χ1n) is 7.29. The SMILES string of the molecule is CN=C(NCCCNc1ccccc1)NC1CC=CC1.I. The predicted octanol–water partition coefficient (Wildman–Crippen LogP) is 2.99. The summed E-state index contributed by atoms with van der Waals surface area (Å²) < 4.78 is 0. The van der Waals surface area contributed by atoms with Crippen LogP contribution in [0.25, 0.3) is 0 Å². The lowest BCUT2D eigenvalue weighted by Gasteiger charge is -2.17. The van der Waals surface area contributed by atoms with Crippen LogP contribution in [-0.2, 0) is 0 Å². The van der Waals surface area contributed by atoms with Crippen LogP contribution in [-0.4, -0.2) is 32.1 Å². The van der Waals surface area contributed by atoms with Crippen molar-refractivity contribution < 1.29 is 0 Å². The number of benzene rings is 1. The van der Waals surface area contributed by atoms with Crippen molar-refractivity contribution in [1.29, 1.82) is 0 Å². The zero-order valence-electron chi connectivity index (χ0n) is 12.5. The van der Waals surface area contributed by atoms with E-state index in [1.165, 1.54) is 5.69 Å². The summed E-state index contributed by atoms with van der Waals surface area (Å²) in [6, 6.07) is 10.8. The van der Waals surface area contributed by atoms with Crippen LogP contribution in [0.15, 0.2) is 47.5 Å². The van der Waals surface area contributed by atoms with Gasteiger partial charge in [0.25, 0.3) is 0 Å². The van der Waals surface area contributed by atoms with Crippen molar-refractivity contribution >= 4 is 35.6 Å². The van der Waals surface area contributed by atoms with Crippen LogP contribution in [0.4, 0.5) is 5.69 Å². The van der Waals surface area contributed by atoms with Crippen molar-refractivity contribution in [3.05, 3.63) is 42.5 Å². The molecule has 1 aromatic rings. The number of hydrogen-bond donors (Lipinski definition) is 3. The highest BCUT2D eigenvalue weighted by Crippen LogP contribution is 2.08. The summed E-state index contributed by atoms with van der Waals surface area (Å²) in [7, 11) is 1.82. The van der Waals surface area contributed by atoms with Crippen LogP contribution in [0.3, 0.4) is 0 Å². The van der Waals surface area contributed by atoms with Gasteiger partial charge in [-0.3, -0.25) is 4.99 Å². The summed E-state index contributed by atoms with van der Waals surface area (Å²) in [6.07, 6.45) is 7.68. The molecular weight excluding hydrogens is 375 g/mol. The van der Waals surface area contributed by atoms with Crippen LogP contribution in [0.5, 0.6) is 0 Å². The molecule has 5 heteroatoms. The van der Waals surface area contributed by atoms with Gasteiger partial charge in [-0.25, -0.2) is 0 Å².